The Hall–Kier alpha value is -1.02. The van der Waals surface area contributed by atoms with Gasteiger partial charge in [0.15, 0.2) is 0 Å². The van der Waals surface area contributed by atoms with Gasteiger partial charge in [-0.3, -0.25) is 0 Å². The Balaban J connectivity index is 2.27. The van der Waals surface area contributed by atoms with Crippen LogP contribution < -0.4 is 10.6 Å². The van der Waals surface area contributed by atoms with Gasteiger partial charge in [0, 0.05) is 24.3 Å². The number of nitrogens with two attached hydrogens (primary N) is 1. The second-order valence-corrected chi connectivity index (χ2v) is 6.64. The lowest BCUT2D eigenvalue weighted by atomic mass is 9.94. The van der Waals surface area contributed by atoms with Crippen LogP contribution in [0.4, 0.5) is 5.69 Å². The molecule has 118 valence electrons. The molecule has 0 bridgehead atoms. The van der Waals surface area contributed by atoms with Gasteiger partial charge in [-0.2, -0.15) is 0 Å². The number of piperidine rings is 1. The van der Waals surface area contributed by atoms with E-state index in [0.717, 1.165) is 18.9 Å². The normalized spacial score (nSPS) is 20.6. The molecule has 0 aliphatic carbocycles. The van der Waals surface area contributed by atoms with Crippen LogP contribution in [0.2, 0.25) is 0 Å². The Morgan fingerprint density at radius 3 is 2.81 bits per heavy atom. The molecule has 0 saturated carbocycles. The van der Waals surface area contributed by atoms with Crippen molar-refractivity contribution in [1.82, 2.24) is 0 Å². The molecule has 0 spiro atoms. The van der Waals surface area contributed by atoms with Crippen molar-refractivity contribution in [2.75, 3.05) is 11.4 Å². The molecular formula is C19H32N2. The average Bonchev–Trinajstić information content (AvgIpc) is 2.48. The zero-order chi connectivity index (χ0) is 15.2. The molecule has 21 heavy (non-hydrogen) atoms. The molecule has 1 fully saturated rings. The predicted octanol–water partition coefficient (Wildman–Crippen LogP) is 4.43. The summed E-state index contributed by atoms with van der Waals surface area (Å²) >= 11 is 0. The molecule has 1 saturated heterocycles. The van der Waals surface area contributed by atoms with Gasteiger partial charge < -0.3 is 10.6 Å². The van der Waals surface area contributed by atoms with E-state index < -0.39 is 0 Å². The molecule has 2 unspecified atom stereocenters. The smallest absolute Gasteiger partial charge is 0.0402 e. The van der Waals surface area contributed by atoms with Gasteiger partial charge in [-0.15, -0.1) is 0 Å². The second kappa shape index (κ2) is 7.84. The average molecular weight is 288 g/mol. The standard InChI is InChI=1S/C19H32N2/c1-4-8-18-9-6-7-12-21(18)19-11-10-15(3)13-16(19)14-17(20)5-2/h10-11,13,17-18H,4-9,12,14,20H2,1-3H3. The van der Waals surface area contributed by atoms with Gasteiger partial charge in [0.25, 0.3) is 0 Å². The summed E-state index contributed by atoms with van der Waals surface area (Å²) < 4.78 is 0. The number of nitrogens with zero attached hydrogens (tertiary/aromatic N) is 1. The fourth-order valence-electron chi connectivity index (χ4n) is 3.54. The molecule has 1 aliphatic rings. The van der Waals surface area contributed by atoms with E-state index >= 15 is 0 Å². The van der Waals surface area contributed by atoms with Crippen molar-refractivity contribution < 1.29 is 0 Å². The molecule has 1 aliphatic heterocycles. The summed E-state index contributed by atoms with van der Waals surface area (Å²) in [6.45, 7) is 7.88. The molecule has 2 atom stereocenters. The number of anilines is 1. The fourth-order valence-corrected chi connectivity index (χ4v) is 3.54. The molecule has 1 aromatic carbocycles. The Morgan fingerprint density at radius 1 is 1.29 bits per heavy atom. The lowest BCUT2D eigenvalue weighted by Crippen LogP contribution is -2.40. The van der Waals surface area contributed by atoms with Crippen molar-refractivity contribution in [2.24, 2.45) is 5.73 Å². The van der Waals surface area contributed by atoms with Crippen LogP contribution in [0.3, 0.4) is 0 Å². The van der Waals surface area contributed by atoms with Crippen molar-refractivity contribution in [2.45, 2.75) is 77.8 Å². The number of hydrogen-bond acceptors (Lipinski definition) is 2. The van der Waals surface area contributed by atoms with Gasteiger partial charge >= 0.3 is 0 Å². The first-order valence-electron chi connectivity index (χ1n) is 8.77. The Labute approximate surface area is 130 Å². The van der Waals surface area contributed by atoms with Crippen LogP contribution in [0.25, 0.3) is 0 Å². The molecular weight excluding hydrogens is 256 g/mol. The third kappa shape index (κ3) is 4.23. The summed E-state index contributed by atoms with van der Waals surface area (Å²) in [6, 6.07) is 7.94. The van der Waals surface area contributed by atoms with Gasteiger partial charge in [-0.25, -0.2) is 0 Å². The summed E-state index contributed by atoms with van der Waals surface area (Å²) in [5.41, 5.74) is 10.5. The minimum absolute atomic E-state index is 0.278. The van der Waals surface area contributed by atoms with E-state index in [1.807, 2.05) is 0 Å². The van der Waals surface area contributed by atoms with Crippen LogP contribution in [0, 0.1) is 6.92 Å². The lowest BCUT2D eigenvalue weighted by Gasteiger charge is -2.39. The van der Waals surface area contributed by atoms with E-state index in [4.69, 9.17) is 5.73 Å². The van der Waals surface area contributed by atoms with E-state index in [0.29, 0.717) is 0 Å². The molecule has 1 aromatic rings. The van der Waals surface area contributed by atoms with Crippen LogP contribution >= 0.6 is 0 Å². The first-order chi connectivity index (χ1) is 10.2. The van der Waals surface area contributed by atoms with E-state index in [2.05, 4.69) is 43.9 Å². The van der Waals surface area contributed by atoms with Gasteiger partial charge in [0.05, 0.1) is 0 Å². The third-order valence-corrected chi connectivity index (χ3v) is 4.80. The first-order valence-corrected chi connectivity index (χ1v) is 8.77. The van der Waals surface area contributed by atoms with E-state index in [1.165, 1.54) is 55.5 Å². The SMILES string of the molecule is CCCC1CCCCN1c1ccc(C)cc1CC(N)CC. The summed E-state index contributed by atoms with van der Waals surface area (Å²) in [5, 5.41) is 0. The molecule has 0 aromatic heterocycles. The van der Waals surface area contributed by atoms with Crippen LogP contribution in [0.5, 0.6) is 0 Å². The Bertz CT molecular complexity index is 439. The van der Waals surface area contributed by atoms with Crippen LogP contribution in [-0.4, -0.2) is 18.6 Å². The molecule has 0 radical (unpaired) electrons. The zero-order valence-corrected chi connectivity index (χ0v) is 14.1. The number of hydrogen-bond donors (Lipinski definition) is 1. The monoisotopic (exact) mass is 288 g/mol. The second-order valence-electron chi connectivity index (χ2n) is 6.64. The summed E-state index contributed by atoms with van der Waals surface area (Å²) in [5.74, 6) is 0. The summed E-state index contributed by atoms with van der Waals surface area (Å²) in [4.78, 5) is 2.67. The van der Waals surface area contributed by atoms with Crippen molar-refractivity contribution in [3.05, 3.63) is 29.3 Å². The minimum atomic E-state index is 0.278. The maximum absolute atomic E-state index is 6.23. The van der Waals surface area contributed by atoms with Crippen LogP contribution in [-0.2, 0) is 6.42 Å². The molecule has 0 amide bonds. The van der Waals surface area contributed by atoms with Gasteiger partial charge in [0.2, 0.25) is 0 Å². The number of benzene rings is 1. The Morgan fingerprint density at radius 2 is 2.10 bits per heavy atom. The maximum Gasteiger partial charge on any atom is 0.0402 e. The van der Waals surface area contributed by atoms with Crippen molar-refractivity contribution in [1.29, 1.82) is 0 Å². The fraction of sp³-hybridized carbons (Fsp3) is 0.684. The summed E-state index contributed by atoms with van der Waals surface area (Å²) in [7, 11) is 0. The number of rotatable bonds is 6. The molecule has 2 rings (SSSR count). The van der Waals surface area contributed by atoms with Gasteiger partial charge in [-0.05, 0) is 57.1 Å². The largest absolute Gasteiger partial charge is 0.368 e. The van der Waals surface area contributed by atoms with Gasteiger partial charge in [-0.1, -0.05) is 38.0 Å². The topological polar surface area (TPSA) is 29.3 Å². The van der Waals surface area contributed by atoms with E-state index in [9.17, 15) is 0 Å². The highest BCUT2D eigenvalue weighted by Gasteiger charge is 2.24. The van der Waals surface area contributed by atoms with Crippen molar-refractivity contribution in [3.63, 3.8) is 0 Å². The molecule has 2 N–H and O–H groups in total. The van der Waals surface area contributed by atoms with Crippen LogP contribution in [0.1, 0.15) is 63.5 Å². The zero-order valence-electron chi connectivity index (χ0n) is 14.1. The van der Waals surface area contributed by atoms with Crippen molar-refractivity contribution in [3.8, 4) is 0 Å². The van der Waals surface area contributed by atoms with Crippen LogP contribution in [0.15, 0.2) is 18.2 Å². The predicted molar refractivity (Wildman–Crippen MR) is 93.0 cm³/mol. The highest BCUT2D eigenvalue weighted by molar-refractivity contribution is 5.56. The molecule has 2 heteroatoms. The highest BCUT2D eigenvalue weighted by atomic mass is 15.2. The van der Waals surface area contributed by atoms with Gasteiger partial charge in [0.1, 0.15) is 0 Å². The van der Waals surface area contributed by atoms with Crippen molar-refractivity contribution >= 4 is 5.69 Å². The number of aryl methyl sites for hydroxylation is 1. The third-order valence-electron chi connectivity index (χ3n) is 4.80. The Kier molecular flexibility index (Phi) is 6.10. The maximum atomic E-state index is 6.23. The molecule has 1 heterocycles. The van der Waals surface area contributed by atoms with E-state index in [1.54, 1.807) is 0 Å². The lowest BCUT2D eigenvalue weighted by molar-refractivity contribution is 0.433. The summed E-state index contributed by atoms with van der Waals surface area (Å²) in [6.07, 6.45) is 8.70. The molecule has 2 nitrogen and oxygen atoms in total. The highest BCUT2D eigenvalue weighted by Crippen LogP contribution is 2.31. The minimum Gasteiger partial charge on any atom is -0.368 e. The quantitative estimate of drug-likeness (QED) is 0.839. The first kappa shape index (κ1) is 16.4. The van der Waals surface area contributed by atoms with E-state index in [-0.39, 0.29) is 6.04 Å².